The molecule has 3 nitrogen and oxygen atoms in total. The van der Waals surface area contributed by atoms with E-state index >= 15 is 0 Å². The first-order chi connectivity index (χ1) is 10.0. The second-order valence-corrected chi connectivity index (χ2v) is 5.55. The number of carbonyl (C=O) groups is 1. The van der Waals surface area contributed by atoms with Crippen molar-refractivity contribution in [1.29, 1.82) is 0 Å². The van der Waals surface area contributed by atoms with E-state index in [4.69, 9.17) is 5.73 Å². The summed E-state index contributed by atoms with van der Waals surface area (Å²) in [6.07, 6.45) is 0.754. The van der Waals surface area contributed by atoms with Crippen LogP contribution in [0.3, 0.4) is 0 Å². The largest absolute Gasteiger partial charge is 0.396 e. The molecule has 0 fully saturated rings. The summed E-state index contributed by atoms with van der Waals surface area (Å²) in [5, 5.41) is 2.94. The zero-order chi connectivity index (χ0) is 15.4. The van der Waals surface area contributed by atoms with Crippen LogP contribution in [0.4, 0.5) is 10.1 Å². The minimum atomic E-state index is -0.548. The number of hydrogen-bond donors (Lipinski definition) is 2. The summed E-state index contributed by atoms with van der Waals surface area (Å²) in [6, 6.07) is 12.1. The fraction of sp³-hybridized carbons (Fsp3) is 0.188. The Hall–Kier alpha value is -1.88. The molecule has 0 saturated heterocycles. The number of anilines is 1. The predicted molar refractivity (Wildman–Crippen MR) is 85.5 cm³/mol. The average molecular weight is 351 g/mol. The third-order valence-corrected chi connectivity index (χ3v) is 3.90. The Morgan fingerprint density at radius 1 is 1.33 bits per heavy atom. The lowest BCUT2D eigenvalue weighted by atomic mass is 10.0. The Bertz CT molecular complexity index is 646. The lowest BCUT2D eigenvalue weighted by Gasteiger charge is -2.18. The van der Waals surface area contributed by atoms with Crippen LogP contribution in [0.25, 0.3) is 0 Å². The van der Waals surface area contributed by atoms with Crippen LogP contribution in [0.15, 0.2) is 46.9 Å². The second kappa shape index (κ2) is 6.72. The van der Waals surface area contributed by atoms with Crippen LogP contribution < -0.4 is 11.1 Å². The summed E-state index contributed by atoms with van der Waals surface area (Å²) >= 11 is 3.19. The molecule has 110 valence electrons. The van der Waals surface area contributed by atoms with Gasteiger partial charge in [-0.2, -0.15) is 0 Å². The SMILES string of the molecule is CCC(NC(=O)c1cc(N)c(F)cc1Br)c1ccccc1. The molecule has 0 bridgehead atoms. The lowest BCUT2D eigenvalue weighted by molar-refractivity contribution is 0.0935. The van der Waals surface area contributed by atoms with Crippen LogP contribution in [-0.2, 0) is 0 Å². The minimum Gasteiger partial charge on any atom is -0.396 e. The van der Waals surface area contributed by atoms with Crippen LogP contribution in [0.5, 0.6) is 0 Å². The van der Waals surface area contributed by atoms with Gasteiger partial charge in [0.05, 0.1) is 17.3 Å². The van der Waals surface area contributed by atoms with Crippen molar-refractivity contribution in [3.05, 3.63) is 63.9 Å². The van der Waals surface area contributed by atoms with Gasteiger partial charge in [0.15, 0.2) is 0 Å². The molecule has 21 heavy (non-hydrogen) atoms. The molecule has 1 atom stereocenters. The summed E-state index contributed by atoms with van der Waals surface area (Å²) in [6.45, 7) is 1.99. The van der Waals surface area contributed by atoms with Crippen LogP contribution in [-0.4, -0.2) is 5.91 Å². The zero-order valence-corrected chi connectivity index (χ0v) is 13.2. The standard InChI is InChI=1S/C16H16BrFN2O/c1-2-15(10-6-4-3-5-7-10)20-16(21)11-8-14(19)13(18)9-12(11)17/h3-9,15H,2,19H2,1H3,(H,20,21). The van der Waals surface area contributed by atoms with Gasteiger partial charge in [-0.25, -0.2) is 4.39 Å². The third kappa shape index (κ3) is 3.61. The van der Waals surface area contributed by atoms with Gasteiger partial charge in [-0.15, -0.1) is 0 Å². The van der Waals surface area contributed by atoms with E-state index in [0.717, 1.165) is 12.0 Å². The molecule has 0 radical (unpaired) electrons. The van der Waals surface area contributed by atoms with Gasteiger partial charge in [0, 0.05) is 4.47 Å². The van der Waals surface area contributed by atoms with E-state index in [1.54, 1.807) is 0 Å². The van der Waals surface area contributed by atoms with Crippen LogP contribution in [0.1, 0.15) is 35.3 Å². The smallest absolute Gasteiger partial charge is 0.252 e. The van der Waals surface area contributed by atoms with E-state index < -0.39 is 5.82 Å². The van der Waals surface area contributed by atoms with E-state index in [-0.39, 0.29) is 17.6 Å². The van der Waals surface area contributed by atoms with E-state index in [1.807, 2.05) is 37.3 Å². The van der Waals surface area contributed by atoms with Gasteiger partial charge in [-0.05, 0) is 40.0 Å². The highest BCUT2D eigenvalue weighted by atomic mass is 79.9. The first kappa shape index (κ1) is 15.5. The average Bonchev–Trinajstić information content (AvgIpc) is 2.49. The van der Waals surface area contributed by atoms with Crippen molar-refractivity contribution < 1.29 is 9.18 Å². The summed E-state index contributed by atoms with van der Waals surface area (Å²) in [5.41, 5.74) is 6.83. The molecular formula is C16H16BrFN2O. The van der Waals surface area contributed by atoms with Crippen molar-refractivity contribution in [3.63, 3.8) is 0 Å². The third-order valence-electron chi connectivity index (χ3n) is 3.25. The van der Waals surface area contributed by atoms with Crippen LogP contribution in [0, 0.1) is 5.82 Å². The van der Waals surface area contributed by atoms with Gasteiger partial charge in [0.25, 0.3) is 5.91 Å². The Balaban J connectivity index is 2.23. The van der Waals surface area contributed by atoms with Gasteiger partial charge in [-0.3, -0.25) is 4.79 Å². The Labute approximate surface area is 131 Å². The molecule has 0 saturated carbocycles. The maximum Gasteiger partial charge on any atom is 0.252 e. The molecule has 1 amide bonds. The van der Waals surface area contributed by atoms with Crippen molar-refractivity contribution >= 4 is 27.5 Å². The van der Waals surface area contributed by atoms with Crippen LogP contribution >= 0.6 is 15.9 Å². The zero-order valence-electron chi connectivity index (χ0n) is 11.6. The number of nitrogens with two attached hydrogens (primary N) is 1. The van der Waals surface area contributed by atoms with Crippen molar-refractivity contribution in [3.8, 4) is 0 Å². The highest BCUT2D eigenvalue weighted by Gasteiger charge is 2.17. The molecule has 5 heteroatoms. The molecule has 0 spiro atoms. The number of hydrogen-bond acceptors (Lipinski definition) is 2. The fourth-order valence-corrected chi connectivity index (χ4v) is 2.58. The van der Waals surface area contributed by atoms with E-state index in [1.165, 1.54) is 12.1 Å². The molecule has 2 aromatic carbocycles. The Kier molecular flexibility index (Phi) is 4.96. The lowest BCUT2D eigenvalue weighted by Crippen LogP contribution is -2.28. The van der Waals surface area contributed by atoms with Gasteiger partial charge < -0.3 is 11.1 Å². The molecular weight excluding hydrogens is 335 g/mol. The highest BCUT2D eigenvalue weighted by Crippen LogP contribution is 2.24. The van der Waals surface area contributed by atoms with E-state index in [2.05, 4.69) is 21.2 Å². The molecule has 0 aromatic heterocycles. The van der Waals surface area contributed by atoms with Gasteiger partial charge >= 0.3 is 0 Å². The maximum atomic E-state index is 13.3. The normalized spacial score (nSPS) is 12.0. The first-order valence-corrected chi connectivity index (χ1v) is 7.42. The highest BCUT2D eigenvalue weighted by molar-refractivity contribution is 9.10. The molecule has 1 unspecified atom stereocenters. The molecule has 2 rings (SSSR count). The van der Waals surface area contributed by atoms with Crippen molar-refractivity contribution in [2.75, 3.05) is 5.73 Å². The topological polar surface area (TPSA) is 55.1 Å². The fourth-order valence-electron chi connectivity index (χ4n) is 2.08. The monoisotopic (exact) mass is 350 g/mol. The maximum absolute atomic E-state index is 13.3. The summed E-state index contributed by atoms with van der Waals surface area (Å²) in [7, 11) is 0. The number of amides is 1. The summed E-state index contributed by atoms with van der Waals surface area (Å²) in [4.78, 5) is 12.4. The Morgan fingerprint density at radius 2 is 2.00 bits per heavy atom. The van der Waals surface area contributed by atoms with E-state index in [9.17, 15) is 9.18 Å². The molecule has 2 aromatic rings. The van der Waals surface area contributed by atoms with Gasteiger partial charge in [-0.1, -0.05) is 37.3 Å². The molecule has 3 N–H and O–H groups in total. The number of rotatable bonds is 4. The molecule has 0 aliphatic heterocycles. The molecule has 0 heterocycles. The van der Waals surface area contributed by atoms with Crippen LogP contribution in [0.2, 0.25) is 0 Å². The number of nitrogens with one attached hydrogen (secondary N) is 1. The molecule has 0 aliphatic carbocycles. The molecule has 0 aliphatic rings. The predicted octanol–water partition coefficient (Wildman–Crippen LogP) is 4.05. The quantitative estimate of drug-likeness (QED) is 0.817. The number of carbonyl (C=O) groups excluding carboxylic acids is 1. The summed E-state index contributed by atoms with van der Waals surface area (Å²) < 4.78 is 13.7. The second-order valence-electron chi connectivity index (χ2n) is 4.70. The van der Waals surface area contributed by atoms with Gasteiger partial charge in [0.1, 0.15) is 5.82 Å². The first-order valence-electron chi connectivity index (χ1n) is 6.63. The van der Waals surface area contributed by atoms with Gasteiger partial charge in [0.2, 0.25) is 0 Å². The summed E-state index contributed by atoms with van der Waals surface area (Å²) in [5.74, 6) is -0.835. The van der Waals surface area contributed by atoms with Crippen molar-refractivity contribution in [2.24, 2.45) is 0 Å². The number of benzene rings is 2. The van der Waals surface area contributed by atoms with E-state index in [0.29, 0.717) is 10.0 Å². The minimum absolute atomic E-state index is 0.0453. The number of halogens is 2. The number of nitrogen functional groups attached to an aromatic ring is 1. The van der Waals surface area contributed by atoms with Crippen molar-refractivity contribution in [2.45, 2.75) is 19.4 Å². The van der Waals surface area contributed by atoms with Crippen molar-refractivity contribution in [1.82, 2.24) is 5.32 Å². The Morgan fingerprint density at radius 3 is 2.62 bits per heavy atom.